The second kappa shape index (κ2) is 10.9. The molecular weight excluding hydrogens is 448 g/mol. The molecule has 2 amide bonds. The van der Waals surface area contributed by atoms with E-state index in [2.05, 4.69) is 21.6 Å². The number of likely N-dealkylation sites (tertiary alicyclic amines) is 1. The number of carbonyl (C=O) groups excluding carboxylic acids is 2. The van der Waals surface area contributed by atoms with Gasteiger partial charge in [0, 0.05) is 29.1 Å². The van der Waals surface area contributed by atoms with Crippen LogP contribution in [0.1, 0.15) is 63.1 Å². The Kier molecular flexibility index (Phi) is 7.89. The zero-order valence-electron chi connectivity index (χ0n) is 20.1. The molecular formula is C27H35ClN4O2. The van der Waals surface area contributed by atoms with E-state index in [0.29, 0.717) is 23.3 Å². The number of nitrogens with zero attached hydrogens (tertiary/aromatic N) is 2. The minimum absolute atomic E-state index is 0.00710. The molecule has 1 saturated heterocycles. The van der Waals surface area contributed by atoms with Gasteiger partial charge in [-0.3, -0.25) is 9.59 Å². The lowest BCUT2D eigenvalue weighted by atomic mass is 9.93. The Hall–Kier alpha value is -2.44. The van der Waals surface area contributed by atoms with Gasteiger partial charge in [-0.1, -0.05) is 43.6 Å². The fourth-order valence-electron chi connectivity index (χ4n) is 4.69. The number of benzene rings is 1. The Bertz CT molecular complexity index is 996. The van der Waals surface area contributed by atoms with Crippen LogP contribution in [0.3, 0.4) is 0 Å². The van der Waals surface area contributed by atoms with Crippen molar-refractivity contribution in [3.05, 3.63) is 58.7 Å². The molecule has 1 saturated carbocycles. The molecule has 0 unspecified atom stereocenters. The van der Waals surface area contributed by atoms with Gasteiger partial charge in [-0.15, -0.1) is 0 Å². The summed E-state index contributed by atoms with van der Waals surface area (Å²) < 4.78 is 0. The van der Waals surface area contributed by atoms with E-state index in [-0.39, 0.29) is 23.1 Å². The summed E-state index contributed by atoms with van der Waals surface area (Å²) >= 11 is 5.99. The molecule has 2 fully saturated rings. The van der Waals surface area contributed by atoms with Crippen LogP contribution in [0.5, 0.6) is 0 Å². The van der Waals surface area contributed by atoms with E-state index in [4.69, 9.17) is 16.6 Å². The lowest BCUT2D eigenvalue weighted by molar-refractivity contribution is -0.123. The van der Waals surface area contributed by atoms with Crippen molar-refractivity contribution in [2.45, 2.75) is 57.3 Å². The first-order chi connectivity index (χ1) is 16.4. The summed E-state index contributed by atoms with van der Waals surface area (Å²) in [5.74, 6) is 1.13. The van der Waals surface area contributed by atoms with E-state index < -0.39 is 0 Å². The fourth-order valence-corrected chi connectivity index (χ4v) is 4.81. The van der Waals surface area contributed by atoms with Gasteiger partial charge in [0.05, 0.1) is 5.41 Å². The first kappa shape index (κ1) is 24.7. The third-order valence-corrected chi connectivity index (χ3v) is 7.32. The molecule has 1 aliphatic heterocycles. The van der Waals surface area contributed by atoms with Crippen LogP contribution in [0, 0.1) is 5.92 Å². The summed E-state index contributed by atoms with van der Waals surface area (Å²) in [6.07, 6.45) is 4.87. The molecule has 2 aromatic rings. The molecule has 0 spiro atoms. The molecule has 6 nitrogen and oxygen atoms in total. The van der Waals surface area contributed by atoms with E-state index in [1.807, 2.05) is 50.2 Å². The minimum atomic E-state index is -0.348. The number of anilines is 1. The van der Waals surface area contributed by atoms with Gasteiger partial charge in [0.2, 0.25) is 11.8 Å². The smallest absolute Gasteiger partial charge is 0.230 e. The maximum Gasteiger partial charge on any atom is 0.230 e. The van der Waals surface area contributed by atoms with Crippen molar-refractivity contribution in [3.63, 3.8) is 0 Å². The van der Waals surface area contributed by atoms with Crippen molar-refractivity contribution in [2.75, 3.05) is 31.5 Å². The molecule has 34 heavy (non-hydrogen) atoms. The van der Waals surface area contributed by atoms with Crippen LogP contribution in [-0.2, 0) is 15.0 Å². The summed E-state index contributed by atoms with van der Waals surface area (Å²) in [4.78, 5) is 31.9. The third-order valence-electron chi connectivity index (χ3n) is 7.07. The largest absolute Gasteiger partial charge is 0.355 e. The molecule has 1 aliphatic carbocycles. The number of pyridine rings is 1. The lowest BCUT2D eigenvalue weighted by Crippen LogP contribution is -2.38. The van der Waals surface area contributed by atoms with E-state index in [0.717, 1.165) is 63.0 Å². The van der Waals surface area contributed by atoms with Crippen LogP contribution in [0.2, 0.25) is 5.02 Å². The van der Waals surface area contributed by atoms with Crippen molar-refractivity contribution < 1.29 is 9.59 Å². The van der Waals surface area contributed by atoms with Crippen molar-refractivity contribution in [1.82, 2.24) is 15.2 Å². The van der Waals surface area contributed by atoms with E-state index in [1.54, 1.807) is 0 Å². The minimum Gasteiger partial charge on any atom is -0.355 e. The summed E-state index contributed by atoms with van der Waals surface area (Å²) in [5.41, 5.74) is 1.78. The number of carbonyl (C=O) groups is 2. The highest BCUT2D eigenvalue weighted by molar-refractivity contribution is 6.30. The quantitative estimate of drug-likeness (QED) is 0.506. The average Bonchev–Trinajstić information content (AvgIpc) is 3.65. The number of halogens is 1. The fraction of sp³-hybridized carbons (Fsp3) is 0.519. The van der Waals surface area contributed by atoms with Gasteiger partial charge in [0.25, 0.3) is 0 Å². The number of aromatic nitrogens is 1. The molecule has 2 N–H and O–H groups in total. The van der Waals surface area contributed by atoms with Crippen LogP contribution in [0.15, 0.2) is 42.5 Å². The SMILES string of the molecule is CC(C)C(=O)Nc1cccc(C2CCN(CCCNC(=O)C3(c4ccc(Cl)cc4)CC3)CC2)n1. The molecule has 182 valence electrons. The Labute approximate surface area is 207 Å². The van der Waals surface area contributed by atoms with Gasteiger partial charge in [-0.2, -0.15) is 0 Å². The van der Waals surface area contributed by atoms with Gasteiger partial charge < -0.3 is 15.5 Å². The Morgan fingerprint density at radius 1 is 1.12 bits per heavy atom. The predicted molar refractivity (Wildman–Crippen MR) is 136 cm³/mol. The Morgan fingerprint density at radius 3 is 2.47 bits per heavy atom. The second-order valence-electron chi connectivity index (χ2n) is 9.91. The topological polar surface area (TPSA) is 74.3 Å². The monoisotopic (exact) mass is 482 g/mol. The Morgan fingerprint density at radius 2 is 1.82 bits per heavy atom. The lowest BCUT2D eigenvalue weighted by Gasteiger charge is -2.31. The first-order valence-electron chi connectivity index (χ1n) is 12.4. The van der Waals surface area contributed by atoms with Crippen LogP contribution in [0.25, 0.3) is 0 Å². The molecule has 0 atom stereocenters. The van der Waals surface area contributed by atoms with Crippen LogP contribution >= 0.6 is 11.6 Å². The summed E-state index contributed by atoms with van der Waals surface area (Å²) in [6.45, 7) is 7.50. The van der Waals surface area contributed by atoms with Crippen molar-refractivity contribution in [2.24, 2.45) is 5.92 Å². The molecule has 4 rings (SSSR count). The van der Waals surface area contributed by atoms with Crippen molar-refractivity contribution in [1.29, 1.82) is 0 Å². The van der Waals surface area contributed by atoms with Crippen molar-refractivity contribution >= 4 is 29.2 Å². The number of amides is 2. The predicted octanol–water partition coefficient (Wildman–Crippen LogP) is 4.75. The maximum atomic E-state index is 12.8. The summed E-state index contributed by atoms with van der Waals surface area (Å²) in [6, 6.07) is 13.6. The van der Waals surface area contributed by atoms with Crippen molar-refractivity contribution in [3.8, 4) is 0 Å². The molecule has 2 aliphatic rings. The molecule has 1 aromatic carbocycles. The highest BCUT2D eigenvalue weighted by atomic mass is 35.5. The molecule has 1 aromatic heterocycles. The molecule has 2 heterocycles. The molecule has 7 heteroatoms. The normalized spacial score (nSPS) is 18.0. The van der Waals surface area contributed by atoms with Gasteiger partial charge >= 0.3 is 0 Å². The molecule has 0 radical (unpaired) electrons. The number of piperidine rings is 1. The second-order valence-corrected chi connectivity index (χ2v) is 10.3. The van der Waals surface area contributed by atoms with Crippen LogP contribution in [0.4, 0.5) is 5.82 Å². The highest BCUT2D eigenvalue weighted by Crippen LogP contribution is 2.48. The zero-order valence-corrected chi connectivity index (χ0v) is 20.9. The van der Waals surface area contributed by atoms with Crippen LogP contribution in [-0.4, -0.2) is 47.9 Å². The summed E-state index contributed by atoms with van der Waals surface area (Å²) in [7, 11) is 0. The van der Waals surface area contributed by atoms with E-state index in [1.165, 1.54) is 0 Å². The van der Waals surface area contributed by atoms with Gasteiger partial charge in [-0.05, 0) is 81.6 Å². The molecule has 0 bridgehead atoms. The number of hydrogen-bond donors (Lipinski definition) is 2. The number of nitrogens with one attached hydrogen (secondary N) is 2. The standard InChI is InChI=1S/C27H35ClN4O2/c1-19(2)25(33)31-24-6-3-5-23(30-24)20-11-17-32(18-12-20)16-4-15-29-26(34)27(13-14-27)21-7-9-22(28)10-8-21/h3,5-10,19-20H,4,11-18H2,1-2H3,(H,29,34)(H,30,31,33). The summed E-state index contributed by atoms with van der Waals surface area (Å²) in [5, 5.41) is 6.76. The average molecular weight is 483 g/mol. The van der Waals surface area contributed by atoms with Gasteiger partial charge in [-0.25, -0.2) is 4.98 Å². The first-order valence-corrected chi connectivity index (χ1v) is 12.8. The number of rotatable bonds is 9. The maximum absolute atomic E-state index is 12.8. The van der Waals surface area contributed by atoms with Gasteiger partial charge in [0.15, 0.2) is 0 Å². The highest BCUT2D eigenvalue weighted by Gasteiger charge is 2.50. The zero-order chi connectivity index (χ0) is 24.1. The number of hydrogen-bond acceptors (Lipinski definition) is 4. The third kappa shape index (κ3) is 5.97. The van der Waals surface area contributed by atoms with Gasteiger partial charge in [0.1, 0.15) is 5.82 Å². The van der Waals surface area contributed by atoms with E-state index >= 15 is 0 Å². The van der Waals surface area contributed by atoms with E-state index in [9.17, 15) is 9.59 Å². The van der Waals surface area contributed by atoms with Crippen LogP contribution < -0.4 is 10.6 Å². The Balaban J connectivity index is 1.18.